The van der Waals surface area contributed by atoms with Gasteiger partial charge in [-0.05, 0) is 5.56 Å². The van der Waals surface area contributed by atoms with Crippen LogP contribution in [0.3, 0.4) is 0 Å². The molecule has 1 aromatic rings. The molecule has 2 N–H and O–H groups in total. The fraction of sp³-hybridized carbons (Fsp3) is 0.417. The Balaban J connectivity index is 2.65. The summed E-state index contributed by atoms with van der Waals surface area (Å²) in [7, 11) is 0. The van der Waals surface area contributed by atoms with Crippen molar-refractivity contribution in [3.05, 3.63) is 35.4 Å². The summed E-state index contributed by atoms with van der Waals surface area (Å²) in [5, 5.41) is 19.2. The summed E-state index contributed by atoms with van der Waals surface area (Å²) in [4.78, 5) is 10.7. The van der Waals surface area contributed by atoms with Gasteiger partial charge in [0.05, 0.1) is 6.10 Å². The van der Waals surface area contributed by atoms with E-state index >= 15 is 0 Å². The molecule has 0 spiro atoms. The van der Waals surface area contributed by atoms with Crippen molar-refractivity contribution >= 4 is 16.9 Å². The highest BCUT2D eigenvalue weighted by Crippen LogP contribution is 2.24. The smallest absolute Gasteiger partial charge is 0.263 e. The molecule has 0 aliphatic carbocycles. The van der Waals surface area contributed by atoms with Crippen molar-refractivity contribution in [2.45, 2.75) is 25.6 Å². The highest BCUT2D eigenvalue weighted by atomic mass is 32.2. The maximum Gasteiger partial charge on any atom is 0.263 e. The topological polar surface area (TPSA) is 57.5 Å². The van der Waals surface area contributed by atoms with E-state index in [2.05, 4.69) is 0 Å². The number of aliphatic hydroxyl groups excluding tert-OH is 2. The molecule has 0 heterocycles. The van der Waals surface area contributed by atoms with Gasteiger partial charge in [0.15, 0.2) is 5.12 Å². The van der Waals surface area contributed by atoms with E-state index in [4.69, 9.17) is 0 Å². The van der Waals surface area contributed by atoms with Gasteiger partial charge in [-0.1, -0.05) is 36.0 Å². The molecule has 0 radical (unpaired) electrons. The summed E-state index contributed by atoms with van der Waals surface area (Å²) in [5.74, 6) is 0.0626. The summed E-state index contributed by atoms with van der Waals surface area (Å²) in [6.45, 7) is 1.36. The van der Waals surface area contributed by atoms with Crippen LogP contribution in [0.25, 0.3) is 0 Å². The van der Waals surface area contributed by atoms with E-state index in [0.29, 0.717) is 5.56 Å². The molecule has 0 fully saturated rings. The maximum atomic E-state index is 12.3. The molecule has 0 bridgehead atoms. The van der Waals surface area contributed by atoms with Crippen LogP contribution < -0.4 is 0 Å². The van der Waals surface area contributed by atoms with Crippen LogP contribution in [0.1, 0.15) is 30.6 Å². The maximum absolute atomic E-state index is 12.3. The van der Waals surface area contributed by atoms with E-state index < -0.39 is 18.6 Å². The van der Waals surface area contributed by atoms with Gasteiger partial charge < -0.3 is 10.2 Å². The first-order chi connectivity index (χ1) is 8.41. The van der Waals surface area contributed by atoms with Crippen molar-refractivity contribution in [2.75, 3.05) is 5.75 Å². The zero-order valence-electron chi connectivity index (χ0n) is 9.72. The molecule has 0 aromatic heterocycles. The molecule has 3 nitrogen and oxygen atoms in total. The molecule has 2 unspecified atom stereocenters. The minimum absolute atomic E-state index is 0.0626. The van der Waals surface area contributed by atoms with Crippen molar-refractivity contribution in [3.8, 4) is 0 Å². The number of hydrogen-bond acceptors (Lipinski definition) is 4. The Kier molecular flexibility index (Phi) is 5.71. The van der Waals surface area contributed by atoms with E-state index in [1.165, 1.54) is 31.2 Å². The van der Waals surface area contributed by atoms with Gasteiger partial charge in [0.1, 0.15) is 6.10 Å². The average Bonchev–Trinajstić information content (AvgIpc) is 2.35. The van der Waals surface area contributed by atoms with Crippen LogP contribution in [0.5, 0.6) is 0 Å². The molecule has 0 aliphatic heterocycles. The Hall–Kier alpha value is -0.980. The molecule has 6 heteroatoms. The van der Waals surface area contributed by atoms with E-state index in [9.17, 15) is 23.8 Å². The molecular weight excluding hydrogens is 262 g/mol. The summed E-state index contributed by atoms with van der Waals surface area (Å²) >= 11 is 0.902. The van der Waals surface area contributed by atoms with Crippen molar-refractivity contribution in [1.82, 2.24) is 0 Å². The highest BCUT2D eigenvalue weighted by molar-refractivity contribution is 8.13. The van der Waals surface area contributed by atoms with E-state index in [1.54, 1.807) is 0 Å². The van der Waals surface area contributed by atoms with Crippen LogP contribution in [0.15, 0.2) is 24.3 Å². The standard InChI is InChI=1S/C12H14F2O3S/c1-7(15)18-6-10(16)11(17)8-2-4-9(5-3-8)12(13)14/h2-5,10-12,16-17H,6H2,1H3. The number of hydrogen-bond donors (Lipinski definition) is 2. The molecule has 1 aromatic carbocycles. The first-order valence-electron chi connectivity index (χ1n) is 5.29. The fourth-order valence-electron chi connectivity index (χ4n) is 1.35. The number of thioether (sulfide) groups is 1. The molecule has 1 rings (SSSR count). The number of carbonyl (C=O) groups is 1. The third-order valence-corrected chi connectivity index (χ3v) is 3.27. The van der Waals surface area contributed by atoms with Crippen molar-refractivity contribution < 1.29 is 23.8 Å². The molecule has 0 amide bonds. The molecule has 0 aliphatic rings. The van der Waals surface area contributed by atoms with Gasteiger partial charge in [-0.15, -0.1) is 0 Å². The lowest BCUT2D eigenvalue weighted by molar-refractivity contribution is -0.109. The second kappa shape index (κ2) is 6.82. The third-order valence-electron chi connectivity index (χ3n) is 2.35. The number of aliphatic hydroxyl groups is 2. The summed E-state index contributed by atoms with van der Waals surface area (Å²) in [6, 6.07) is 5.09. The minimum atomic E-state index is -2.56. The van der Waals surface area contributed by atoms with Crippen LogP contribution in [0.2, 0.25) is 0 Å². The predicted octanol–water partition coefficient (Wildman–Crippen LogP) is 2.30. The van der Waals surface area contributed by atoms with Crippen LogP contribution in [-0.2, 0) is 4.79 Å². The van der Waals surface area contributed by atoms with Gasteiger partial charge in [0, 0.05) is 18.2 Å². The molecule has 0 saturated heterocycles. The number of alkyl halides is 2. The Morgan fingerprint density at radius 3 is 2.17 bits per heavy atom. The third kappa shape index (κ3) is 4.36. The lowest BCUT2D eigenvalue weighted by Gasteiger charge is -2.17. The highest BCUT2D eigenvalue weighted by Gasteiger charge is 2.19. The monoisotopic (exact) mass is 276 g/mol. The van der Waals surface area contributed by atoms with Crippen molar-refractivity contribution in [3.63, 3.8) is 0 Å². The van der Waals surface area contributed by atoms with Crippen molar-refractivity contribution in [1.29, 1.82) is 0 Å². The lowest BCUT2D eigenvalue weighted by Crippen LogP contribution is -2.21. The van der Waals surface area contributed by atoms with Gasteiger partial charge in [0.25, 0.3) is 6.43 Å². The minimum Gasteiger partial charge on any atom is -0.389 e. The average molecular weight is 276 g/mol. The molecular formula is C12H14F2O3S. The first-order valence-corrected chi connectivity index (χ1v) is 6.28. The number of carbonyl (C=O) groups excluding carboxylic acids is 1. The lowest BCUT2D eigenvalue weighted by atomic mass is 10.0. The van der Waals surface area contributed by atoms with E-state index in [1.807, 2.05) is 0 Å². The van der Waals surface area contributed by atoms with Crippen LogP contribution in [0.4, 0.5) is 8.78 Å². The Labute approximate surface area is 108 Å². The van der Waals surface area contributed by atoms with Gasteiger partial charge in [-0.3, -0.25) is 4.79 Å². The van der Waals surface area contributed by atoms with Gasteiger partial charge in [-0.2, -0.15) is 0 Å². The zero-order chi connectivity index (χ0) is 13.7. The Bertz CT molecular complexity index is 395. The van der Waals surface area contributed by atoms with Crippen LogP contribution in [0, 0.1) is 0 Å². The summed E-state index contributed by atoms with van der Waals surface area (Å²) < 4.78 is 24.6. The second-order valence-electron chi connectivity index (χ2n) is 3.78. The Morgan fingerprint density at radius 1 is 1.22 bits per heavy atom. The predicted molar refractivity (Wildman–Crippen MR) is 65.5 cm³/mol. The van der Waals surface area contributed by atoms with Gasteiger partial charge in [-0.25, -0.2) is 8.78 Å². The normalized spacial score (nSPS) is 14.6. The fourth-order valence-corrected chi connectivity index (χ4v) is 1.94. The molecule has 2 atom stereocenters. The molecule has 0 saturated carbocycles. The van der Waals surface area contributed by atoms with Gasteiger partial charge >= 0.3 is 0 Å². The van der Waals surface area contributed by atoms with Crippen LogP contribution >= 0.6 is 11.8 Å². The number of halogens is 2. The van der Waals surface area contributed by atoms with Crippen LogP contribution in [-0.4, -0.2) is 27.2 Å². The van der Waals surface area contributed by atoms with Crippen molar-refractivity contribution in [2.24, 2.45) is 0 Å². The van der Waals surface area contributed by atoms with E-state index in [0.717, 1.165) is 11.8 Å². The summed E-state index contributed by atoms with van der Waals surface area (Å²) in [6.07, 6.45) is -4.87. The number of rotatable bonds is 5. The summed E-state index contributed by atoms with van der Waals surface area (Å²) in [5.41, 5.74) is 0.203. The first kappa shape index (κ1) is 15.1. The molecule has 18 heavy (non-hydrogen) atoms. The SMILES string of the molecule is CC(=O)SCC(O)C(O)c1ccc(C(F)F)cc1. The number of benzene rings is 1. The second-order valence-corrected chi connectivity index (χ2v) is 4.98. The molecule has 100 valence electrons. The Morgan fingerprint density at radius 2 is 1.72 bits per heavy atom. The van der Waals surface area contributed by atoms with E-state index in [-0.39, 0.29) is 16.4 Å². The van der Waals surface area contributed by atoms with Gasteiger partial charge in [0.2, 0.25) is 0 Å². The zero-order valence-corrected chi connectivity index (χ0v) is 10.5. The largest absolute Gasteiger partial charge is 0.389 e. The quantitative estimate of drug-likeness (QED) is 0.866.